The van der Waals surface area contributed by atoms with Crippen LogP contribution in [-0.4, -0.2) is 33.7 Å². The summed E-state index contributed by atoms with van der Waals surface area (Å²) in [5, 5.41) is 7.89. The van der Waals surface area contributed by atoms with Crippen LogP contribution in [-0.2, 0) is 15.8 Å². The van der Waals surface area contributed by atoms with Crippen LogP contribution in [0.4, 0.5) is 0 Å². The Morgan fingerprint density at radius 1 is 1.19 bits per heavy atom. The molecule has 26 heavy (non-hydrogen) atoms. The van der Waals surface area contributed by atoms with E-state index in [0.29, 0.717) is 12.3 Å². The number of sulfonamides is 1. The summed E-state index contributed by atoms with van der Waals surface area (Å²) in [6, 6.07) is 12.3. The summed E-state index contributed by atoms with van der Waals surface area (Å²) in [6.45, 7) is 2.50. The third kappa shape index (κ3) is 5.76. The standard InChI is InChI=1S/C18H22N2O4S2/c1-13-3-5-14(6-4-13)12-25-10-9-20-18(21)16-11-15(26(19,22)23)7-8-17(16)24-2/h3-8,11H,9-10,12H2,1-2H3,(H,20,21)(H2,19,22,23). The molecule has 0 radical (unpaired) electrons. The van der Waals surface area contributed by atoms with E-state index in [9.17, 15) is 13.2 Å². The molecule has 0 fully saturated rings. The van der Waals surface area contributed by atoms with Crippen molar-refractivity contribution in [3.8, 4) is 5.75 Å². The van der Waals surface area contributed by atoms with Gasteiger partial charge >= 0.3 is 0 Å². The maximum atomic E-state index is 12.3. The van der Waals surface area contributed by atoms with E-state index >= 15 is 0 Å². The molecule has 8 heteroatoms. The van der Waals surface area contributed by atoms with Gasteiger partial charge in [-0.3, -0.25) is 4.79 Å². The van der Waals surface area contributed by atoms with Crippen molar-refractivity contribution in [1.82, 2.24) is 5.32 Å². The Labute approximate surface area is 158 Å². The number of nitrogens with two attached hydrogens (primary N) is 1. The van der Waals surface area contributed by atoms with Gasteiger partial charge in [-0.05, 0) is 30.7 Å². The second-order valence-corrected chi connectivity index (χ2v) is 8.37. The van der Waals surface area contributed by atoms with Crippen LogP contribution >= 0.6 is 11.8 Å². The first-order valence-corrected chi connectivity index (χ1v) is 10.6. The van der Waals surface area contributed by atoms with Crippen LogP contribution in [0.25, 0.3) is 0 Å². The second kappa shape index (κ2) is 9.07. The zero-order chi connectivity index (χ0) is 19.2. The highest BCUT2D eigenvalue weighted by molar-refractivity contribution is 7.98. The zero-order valence-electron chi connectivity index (χ0n) is 14.7. The van der Waals surface area contributed by atoms with Crippen molar-refractivity contribution in [2.24, 2.45) is 5.14 Å². The summed E-state index contributed by atoms with van der Waals surface area (Å²) in [7, 11) is -2.47. The predicted molar refractivity (Wildman–Crippen MR) is 104 cm³/mol. The number of nitrogens with one attached hydrogen (secondary N) is 1. The van der Waals surface area contributed by atoms with Gasteiger partial charge in [0.1, 0.15) is 5.75 Å². The van der Waals surface area contributed by atoms with Gasteiger partial charge in [-0.2, -0.15) is 11.8 Å². The molecule has 2 aromatic carbocycles. The molecule has 0 aliphatic carbocycles. The van der Waals surface area contributed by atoms with Gasteiger partial charge in [-0.25, -0.2) is 13.6 Å². The van der Waals surface area contributed by atoms with E-state index in [1.807, 2.05) is 6.92 Å². The number of primary sulfonamides is 1. The molecule has 2 rings (SSSR count). The van der Waals surface area contributed by atoms with Gasteiger partial charge in [0.25, 0.3) is 5.91 Å². The van der Waals surface area contributed by atoms with Crippen molar-refractivity contribution >= 4 is 27.7 Å². The third-order valence-electron chi connectivity index (χ3n) is 3.67. The van der Waals surface area contributed by atoms with Gasteiger partial charge in [-0.15, -0.1) is 0 Å². The monoisotopic (exact) mass is 394 g/mol. The normalized spacial score (nSPS) is 11.2. The number of benzene rings is 2. The van der Waals surface area contributed by atoms with Crippen molar-refractivity contribution in [3.63, 3.8) is 0 Å². The Bertz CT molecular complexity index is 865. The molecular weight excluding hydrogens is 372 g/mol. The van der Waals surface area contributed by atoms with Gasteiger partial charge in [0.05, 0.1) is 17.6 Å². The molecule has 6 nitrogen and oxygen atoms in total. The molecule has 0 unspecified atom stereocenters. The van der Waals surface area contributed by atoms with E-state index < -0.39 is 15.9 Å². The van der Waals surface area contributed by atoms with Crippen LogP contribution in [0.3, 0.4) is 0 Å². The van der Waals surface area contributed by atoms with Crippen LogP contribution in [0, 0.1) is 6.92 Å². The minimum Gasteiger partial charge on any atom is -0.496 e. The average Bonchev–Trinajstić information content (AvgIpc) is 2.61. The summed E-state index contributed by atoms with van der Waals surface area (Å²) in [6.07, 6.45) is 0. The molecule has 0 atom stereocenters. The SMILES string of the molecule is COc1ccc(S(N)(=O)=O)cc1C(=O)NCCSCc1ccc(C)cc1. The molecular formula is C18H22N2O4S2. The lowest BCUT2D eigenvalue weighted by atomic mass is 10.2. The molecule has 1 amide bonds. The van der Waals surface area contributed by atoms with Crippen LogP contribution in [0.1, 0.15) is 21.5 Å². The fourth-order valence-corrected chi connectivity index (χ4v) is 3.61. The fourth-order valence-electron chi connectivity index (χ4n) is 2.25. The first kappa shape index (κ1) is 20.3. The molecule has 0 aliphatic heterocycles. The number of carbonyl (C=O) groups excluding carboxylic acids is 1. The Morgan fingerprint density at radius 3 is 2.50 bits per heavy atom. The van der Waals surface area contributed by atoms with E-state index in [2.05, 4.69) is 29.6 Å². The maximum Gasteiger partial charge on any atom is 0.255 e. The van der Waals surface area contributed by atoms with Crippen molar-refractivity contribution in [1.29, 1.82) is 0 Å². The smallest absolute Gasteiger partial charge is 0.255 e. The lowest BCUT2D eigenvalue weighted by molar-refractivity contribution is 0.0953. The quantitative estimate of drug-likeness (QED) is 0.670. The third-order valence-corrected chi connectivity index (χ3v) is 5.61. The topological polar surface area (TPSA) is 98.5 Å². The predicted octanol–water partition coefficient (Wildman–Crippen LogP) is 2.31. The van der Waals surface area contributed by atoms with Gasteiger partial charge in [0, 0.05) is 18.1 Å². The van der Waals surface area contributed by atoms with Crippen molar-refractivity contribution < 1.29 is 17.9 Å². The molecule has 0 aliphatic rings. The summed E-state index contributed by atoms with van der Waals surface area (Å²) in [5.41, 5.74) is 2.60. The lowest BCUT2D eigenvalue weighted by Gasteiger charge is -2.10. The molecule has 2 aromatic rings. The highest BCUT2D eigenvalue weighted by Gasteiger charge is 2.17. The number of hydrogen-bond donors (Lipinski definition) is 2. The lowest BCUT2D eigenvalue weighted by Crippen LogP contribution is -2.26. The molecule has 0 spiro atoms. The zero-order valence-corrected chi connectivity index (χ0v) is 16.3. The number of hydrogen-bond acceptors (Lipinski definition) is 5. The number of rotatable bonds is 8. The number of amides is 1. The molecule has 0 saturated carbocycles. The van der Waals surface area contributed by atoms with Gasteiger partial charge in [0.2, 0.25) is 10.0 Å². The summed E-state index contributed by atoms with van der Waals surface area (Å²) in [4.78, 5) is 12.2. The minimum absolute atomic E-state index is 0.128. The maximum absolute atomic E-state index is 12.3. The van der Waals surface area contributed by atoms with E-state index in [1.54, 1.807) is 11.8 Å². The summed E-state index contributed by atoms with van der Waals surface area (Å²) < 4.78 is 28.1. The average molecular weight is 395 g/mol. The largest absolute Gasteiger partial charge is 0.496 e. The minimum atomic E-state index is -3.89. The second-order valence-electron chi connectivity index (χ2n) is 5.70. The Hall–Kier alpha value is -2.03. The van der Waals surface area contributed by atoms with E-state index in [0.717, 1.165) is 11.5 Å². The van der Waals surface area contributed by atoms with Crippen LogP contribution in [0.2, 0.25) is 0 Å². The van der Waals surface area contributed by atoms with E-state index in [1.165, 1.54) is 36.4 Å². The van der Waals surface area contributed by atoms with E-state index in [-0.39, 0.29) is 10.5 Å². The first-order chi connectivity index (χ1) is 12.3. The van der Waals surface area contributed by atoms with Crippen molar-refractivity contribution in [2.75, 3.05) is 19.4 Å². The molecule has 0 bridgehead atoms. The summed E-state index contributed by atoms with van der Waals surface area (Å²) in [5.74, 6) is 1.49. The molecule has 3 N–H and O–H groups in total. The van der Waals surface area contributed by atoms with Crippen LogP contribution < -0.4 is 15.2 Å². The Morgan fingerprint density at radius 2 is 1.88 bits per heavy atom. The molecule has 0 saturated heterocycles. The highest BCUT2D eigenvalue weighted by atomic mass is 32.2. The van der Waals surface area contributed by atoms with Crippen molar-refractivity contribution in [2.45, 2.75) is 17.6 Å². The molecule has 0 aromatic heterocycles. The number of aryl methyl sites for hydroxylation is 1. The van der Waals surface area contributed by atoms with E-state index in [4.69, 9.17) is 9.88 Å². The Kier molecular flexibility index (Phi) is 7.07. The number of thioether (sulfide) groups is 1. The molecule has 0 heterocycles. The van der Waals surface area contributed by atoms with Crippen LogP contribution in [0.5, 0.6) is 5.75 Å². The van der Waals surface area contributed by atoms with Crippen molar-refractivity contribution in [3.05, 3.63) is 59.2 Å². The van der Waals surface area contributed by atoms with Gasteiger partial charge in [-0.1, -0.05) is 29.8 Å². The van der Waals surface area contributed by atoms with Gasteiger partial charge in [0.15, 0.2) is 0 Å². The highest BCUT2D eigenvalue weighted by Crippen LogP contribution is 2.22. The van der Waals surface area contributed by atoms with Gasteiger partial charge < -0.3 is 10.1 Å². The van der Waals surface area contributed by atoms with Crippen LogP contribution in [0.15, 0.2) is 47.4 Å². The number of methoxy groups -OCH3 is 1. The summed E-state index contributed by atoms with van der Waals surface area (Å²) >= 11 is 1.70. The number of ether oxygens (including phenoxy) is 1. The fraction of sp³-hybridized carbons (Fsp3) is 0.278. The number of carbonyl (C=O) groups is 1. The molecule has 140 valence electrons. The first-order valence-electron chi connectivity index (χ1n) is 7.93. The Balaban J connectivity index is 1.90.